The van der Waals surface area contributed by atoms with E-state index in [-0.39, 0.29) is 0 Å². The molecule has 0 atom stereocenters. The molecule has 1 saturated heterocycles. The molecule has 0 aliphatic carbocycles. The summed E-state index contributed by atoms with van der Waals surface area (Å²) in [6, 6.07) is 0. The molecule has 1 rings (SSSR count). The number of rotatable bonds is 0. The molecule has 2 nitrogen and oxygen atoms in total. The second-order valence-electron chi connectivity index (χ2n) is 0.712. The Labute approximate surface area is 23.9 Å². The van der Waals surface area contributed by atoms with Crippen LogP contribution in [0.15, 0.2) is 0 Å². The van der Waals surface area contributed by atoms with Gasteiger partial charge in [0.25, 0.3) is 0 Å². The highest BCUT2D eigenvalue weighted by atomic mass is 16.6. The minimum absolute atomic E-state index is 0.417. The van der Waals surface area contributed by atoms with Gasteiger partial charge in [0.2, 0.25) is 5.90 Å². The molecule has 0 aromatic heterocycles. The van der Waals surface area contributed by atoms with Gasteiger partial charge in [-0.15, -0.1) is 0 Å². The van der Waals surface area contributed by atoms with Crippen LogP contribution in [0.2, 0.25) is 0 Å². The van der Waals surface area contributed by atoms with Crippen LogP contribution in [0.25, 0.3) is 0 Å². The van der Waals surface area contributed by atoms with Crippen molar-refractivity contribution < 1.29 is 4.74 Å². The van der Waals surface area contributed by atoms with Crippen molar-refractivity contribution in [3.63, 3.8) is 0 Å². The van der Waals surface area contributed by atoms with Crippen molar-refractivity contribution >= 4 is 5.90 Å². The van der Waals surface area contributed by atoms with Crippen LogP contribution in [0, 0.1) is 5.41 Å². The van der Waals surface area contributed by atoms with E-state index in [1.807, 2.05) is 0 Å². The molecule has 0 amide bonds. The maximum Gasteiger partial charge on any atom is 0.220 e. The van der Waals surface area contributed by atoms with Gasteiger partial charge in [-0.1, -0.05) is 0 Å². The Hall–Kier alpha value is -0.530. The molecule has 1 aliphatic rings. The van der Waals surface area contributed by atoms with Gasteiger partial charge < -0.3 is 4.74 Å². The van der Waals surface area contributed by atoms with Crippen LogP contribution in [0.5, 0.6) is 0 Å². The summed E-state index contributed by atoms with van der Waals surface area (Å²) in [6.07, 6.45) is 0. The molecule has 0 aromatic carbocycles. The molecule has 0 radical (unpaired) electrons. The van der Waals surface area contributed by atoms with Gasteiger partial charge in [0.15, 0.2) is 6.61 Å². The molecule has 22 valence electrons. The normalized spacial score (nSPS) is 19.5. The van der Waals surface area contributed by atoms with Crippen molar-refractivity contribution in [2.24, 2.45) is 0 Å². The predicted octanol–water partition coefficient (Wildman–Crippen LogP) is -0.00613. The second-order valence-corrected chi connectivity index (χ2v) is 0.712. The number of hydrogen-bond acceptors (Lipinski definition) is 2. The third-order valence-corrected chi connectivity index (χ3v) is 0.289. The molecule has 1 heterocycles. The molecule has 1 aliphatic heterocycles. The van der Waals surface area contributed by atoms with Gasteiger partial charge in [-0.05, 0) is 0 Å². The summed E-state index contributed by atoms with van der Waals surface area (Å²) in [5.74, 6) is 0.417. The van der Waals surface area contributed by atoms with E-state index in [9.17, 15) is 0 Å². The summed E-state index contributed by atoms with van der Waals surface area (Å²) in [4.78, 5) is 0. The Morgan fingerprint density at radius 2 is 2.25 bits per heavy atom. The highest BCUT2D eigenvalue weighted by molar-refractivity contribution is 5.85. The van der Waals surface area contributed by atoms with Crippen LogP contribution in [-0.2, 0) is 4.74 Å². The molecule has 1 fully saturated rings. The lowest BCUT2D eigenvalue weighted by Gasteiger charge is -1.37. The molecule has 1 N–H and O–H groups in total. The zero-order chi connectivity index (χ0) is 2.99. The maximum atomic E-state index is 6.39. The van der Waals surface area contributed by atoms with Crippen LogP contribution in [0.1, 0.15) is 0 Å². The molecular weight excluding hydrogens is 54.0 g/mol. The van der Waals surface area contributed by atoms with Crippen molar-refractivity contribution in [3.05, 3.63) is 0 Å². The Balaban J connectivity index is 2.60. The standard InChI is InChI=1S/C2H3NO/c3-2-1-4-2/h3H,1H2. The summed E-state index contributed by atoms with van der Waals surface area (Å²) in [7, 11) is 0. The number of epoxide rings is 1. The van der Waals surface area contributed by atoms with Gasteiger partial charge in [-0.3, -0.25) is 5.41 Å². The van der Waals surface area contributed by atoms with Crippen molar-refractivity contribution in [1.82, 2.24) is 0 Å². The SMILES string of the molecule is N=C1CO1. The van der Waals surface area contributed by atoms with E-state index in [0.29, 0.717) is 12.5 Å². The first-order valence-corrected chi connectivity index (χ1v) is 1.10. The van der Waals surface area contributed by atoms with Crippen molar-refractivity contribution in [2.45, 2.75) is 0 Å². The summed E-state index contributed by atoms with van der Waals surface area (Å²) in [5, 5.41) is 6.39. The number of nitrogens with one attached hydrogen (secondary N) is 1. The highest BCUT2D eigenvalue weighted by Crippen LogP contribution is 1.91. The fourth-order valence-corrected chi connectivity index (χ4v) is 0.0361. The maximum absolute atomic E-state index is 6.39. The van der Waals surface area contributed by atoms with Crippen molar-refractivity contribution in [2.75, 3.05) is 6.61 Å². The van der Waals surface area contributed by atoms with E-state index in [1.54, 1.807) is 0 Å². The minimum atomic E-state index is 0.417. The Morgan fingerprint density at radius 3 is 2.25 bits per heavy atom. The number of hydrogen-bond donors (Lipinski definition) is 1. The lowest BCUT2D eigenvalue weighted by Crippen LogP contribution is -1.46. The van der Waals surface area contributed by atoms with E-state index in [4.69, 9.17) is 5.41 Å². The van der Waals surface area contributed by atoms with Gasteiger partial charge in [0.05, 0.1) is 0 Å². The fourth-order valence-electron chi connectivity index (χ4n) is 0.0361. The summed E-state index contributed by atoms with van der Waals surface area (Å²) in [6.45, 7) is 0.569. The van der Waals surface area contributed by atoms with Crippen molar-refractivity contribution in [3.8, 4) is 0 Å². The van der Waals surface area contributed by atoms with Crippen LogP contribution in [0.4, 0.5) is 0 Å². The van der Waals surface area contributed by atoms with Gasteiger partial charge in [0, 0.05) is 0 Å². The molecule has 0 saturated carbocycles. The number of ether oxygens (including phenoxy) is 1. The second kappa shape index (κ2) is 0.267. The lowest BCUT2D eigenvalue weighted by molar-refractivity contribution is 0.548. The van der Waals surface area contributed by atoms with Crippen LogP contribution >= 0.6 is 0 Å². The zero-order valence-corrected chi connectivity index (χ0v) is 2.12. The van der Waals surface area contributed by atoms with Gasteiger partial charge in [-0.2, -0.15) is 0 Å². The summed E-state index contributed by atoms with van der Waals surface area (Å²) in [5.41, 5.74) is 0. The first-order valence-electron chi connectivity index (χ1n) is 1.10. The van der Waals surface area contributed by atoms with Crippen LogP contribution < -0.4 is 0 Å². The van der Waals surface area contributed by atoms with Gasteiger partial charge >= 0.3 is 0 Å². The third kappa shape index (κ3) is 0.0532. The first-order chi connectivity index (χ1) is 1.89. The van der Waals surface area contributed by atoms with Crippen molar-refractivity contribution in [1.29, 1.82) is 5.41 Å². The molecular formula is C2H3NO. The van der Waals surface area contributed by atoms with Gasteiger partial charge in [-0.25, -0.2) is 0 Å². The Bertz CT molecular complexity index is 44.0. The molecule has 2 heteroatoms. The smallest absolute Gasteiger partial charge is 0.220 e. The average Bonchev–Trinajstić information content (AvgIpc) is 1.75. The van der Waals surface area contributed by atoms with E-state index >= 15 is 0 Å². The largest absolute Gasteiger partial charge is 0.469 e. The molecule has 0 bridgehead atoms. The lowest BCUT2D eigenvalue weighted by atomic mass is 10.9. The molecule has 0 aromatic rings. The third-order valence-electron chi connectivity index (χ3n) is 0.289. The van der Waals surface area contributed by atoms with E-state index in [2.05, 4.69) is 4.74 Å². The highest BCUT2D eigenvalue weighted by Gasteiger charge is 2.09. The topological polar surface area (TPSA) is 36.4 Å². The summed E-state index contributed by atoms with van der Waals surface area (Å²) < 4.78 is 4.29. The van der Waals surface area contributed by atoms with Crippen LogP contribution in [0.3, 0.4) is 0 Å². The monoisotopic (exact) mass is 57.0 g/mol. The summed E-state index contributed by atoms with van der Waals surface area (Å²) >= 11 is 0. The molecule has 4 heavy (non-hydrogen) atoms. The zero-order valence-electron chi connectivity index (χ0n) is 2.12. The van der Waals surface area contributed by atoms with E-state index < -0.39 is 0 Å². The predicted molar refractivity (Wildman–Crippen MR) is 13.7 cm³/mol. The quantitative estimate of drug-likeness (QED) is 0.390. The van der Waals surface area contributed by atoms with Crippen LogP contribution in [-0.4, -0.2) is 12.5 Å². The van der Waals surface area contributed by atoms with E-state index in [0.717, 1.165) is 0 Å². The molecule has 0 unspecified atom stereocenters. The first kappa shape index (κ1) is 1.76. The fraction of sp³-hybridized carbons (Fsp3) is 0.500. The average molecular weight is 57.1 g/mol. The van der Waals surface area contributed by atoms with E-state index in [1.165, 1.54) is 0 Å². The minimum Gasteiger partial charge on any atom is -0.469 e. The molecule has 0 spiro atoms. The van der Waals surface area contributed by atoms with Gasteiger partial charge in [0.1, 0.15) is 0 Å². The Morgan fingerprint density at radius 1 is 2.00 bits per heavy atom. The Kier molecular flexibility index (Phi) is 0.117.